The summed E-state index contributed by atoms with van der Waals surface area (Å²) in [6.07, 6.45) is 5.65. The number of carbonyl (C=O) groups is 2. The number of rotatable bonds is 15. The SMILES string of the molecule is COc1cc2ccn(CCOc3ccccc3NC(=O)CCCCCCC(=O)NO)c2c(OC)c1OC. The molecule has 0 unspecified atom stereocenters. The predicted molar refractivity (Wildman–Crippen MR) is 140 cm³/mol. The Morgan fingerprint density at radius 3 is 2.24 bits per heavy atom. The molecule has 0 saturated heterocycles. The van der Waals surface area contributed by atoms with Gasteiger partial charge in [-0.2, -0.15) is 0 Å². The van der Waals surface area contributed by atoms with Crippen LogP contribution in [-0.2, 0) is 16.1 Å². The molecule has 0 atom stereocenters. The largest absolute Gasteiger partial charge is 0.493 e. The number of para-hydroxylation sites is 2. The molecule has 0 aliphatic heterocycles. The highest BCUT2D eigenvalue weighted by molar-refractivity contribution is 5.92. The number of hydrogen-bond donors (Lipinski definition) is 3. The van der Waals surface area contributed by atoms with Crippen molar-refractivity contribution in [1.29, 1.82) is 0 Å². The molecule has 0 aliphatic rings. The van der Waals surface area contributed by atoms with Crippen LogP contribution in [0.15, 0.2) is 42.6 Å². The Labute approximate surface area is 216 Å². The molecule has 2 aromatic carbocycles. The minimum Gasteiger partial charge on any atom is -0.493 e. The van der Waals surface area contributed by atoms with Gasteiger partial charge in [-0.05, 0) is 37.1 Å². The van der Waals surface area contributed by atoms with Crippen LogP contribution in [0.2, 0.25) is 0 Å². The second-order valence-electron chi connectivity index (χ2n) is 8.43. The zero-order chi connectivity index (χ0) is 26.6. The summed E-state index contributed by atoms with van der Waals surface area (Å²) in [6, 6.07) is 11.2. The van der Waals surface area contributed by atoms with Crippen LogP contribution in [0.4, 0.5) is 5.69 Å². The summed E-state index contributed by atoms with van der Waals surface area (Å²) in [5, 5.41) is 12.4. The van der Waals surface area contributed by atoms with E-state index in [1.807, 2.05) is 47.2 Å². The van der Waals surface area contributed by atoms with Gasteiger partial charge in [0.05, 0.1) is 39.1 Å². The van der Waals surface area contributed by atoms with Crippen molar-refractivity contribution in [2.24, 2.45) is 0 Å². The lowest BCUT2D eigenvalue weighted by Gasteiger charge is -2.16. The predicted octanol–water partition coefficient (Wildman–Crippen LogP) is 4.53. The van der Waals surface area contributed by atoms with Crippen molar-refractivity contribution in [3.8, 4) is 23.0 Å². The van der Waals surface area contributed by atoms with Gasteiger partial charge in [-0.25, -0.2) is 5.48 Å². The lowest BCUT2D eigenvalue weighted by molar-refractivity contribution is -0.129. The van der Waals surface area contributed by atoms with E-state index in [1.165, 1.54) is 0 Å². The van der Waals surface area contributed by atoms with Gasteiger partial charge in [0, 0.05) is 24.4 Å². The molecule has 3 N–H and O–H groups in total. The zero-order valence-corrected chi connectivity index (χ0v) is 21.5. The highest BCUT2D eigenvalue weighted by Crippen LogP contribution is 2.43. The fourth-order valence-corrected chi connectivity index (χ4v) is 4.16. The van der Waals surface area contributed by atoms with Crippen LogP contribution in [0, 0.1) is 0 Å². The number of ether oxygens (including phenoxy) is 4. The third-order valence-electron chi connectivity index (χ3n) is 5.99. The lowest BCUT2D eigenvalue weighted by Crippen LogP contribution is -2.17. The van der Waals surface area contributed by atoms with Gasteiger partial charge in [0.15, 0.2) is 11.5 Å². The highest BCUT2D eigenvalue weighted by Gasteiger charge is 2.19. The van der Waals surface area contributed by atoms with Crippen molar-refractivity contribution in [1.82, 2.24) is 10.0 Å². The first-order chi connectivity index (χ1) is 18.0. The number of hydrogen-bond acceptors (Lipinski definition) is 7. The molecule has 10 heteroatoms. The third kappa shape index (κ3) is 7.29. The number of nitrogens with one attached hydrogen (secondary N) is 2. The van der Waals surface area contributed by atoms with Crippen LogP contribution >= 0.6 is 0 Å². The van der Waals surface area contributed by atoms with Gasteiger partial charge in [-0.1, -0.05) is 25.0 Å². The fourth-order valence-electron chi connectivity index (χ4n) is 4.16. The normalized spacial score (nSPS) is 10.7. The molecular formula is C27H35N3O7. The van der Waals surface area contributed by atoms with Crippen LogP contribution in [0.1, 0.15) is 38.5 Å². The first-order valence-corrected chi connectivity index (χ1v) is 12.2. The van der Waals surface area contributed by atoms with Gasteiger partial charge in [-0.3, -0.25) is 14.8 Å². The maximum Gasteiger partial charge on any atom is 0.243 e. The van der Waals surface area contributed by atoms with Crippen LogP contribution in [0.25, 0.3) is 10.9 Å². The molecule has 0 bridgehead atoms. The van der Waals surface area contributed by atoms with Crippen molar-refractivity contribution in [3.63, 3.8) is 0 Å². The van der Waals surface area contributed by atoms with E-state index in [-0.39, 0.29) is 12.3 Å². The summed E-state index contributed by atoms with van der Waals surface area (Å²) in [5.41, 5.74) is 3.12. The topological polar surface area (TPSA) is 120 Å². The molecule has 0 saturated carbocycles. The maximum atomic E-state index is 12.4. The summed E-state index contributed by atoms with van der Waals surface area (Å²) >= 11 is 0. The van der Waals surface area contributed by atoms with Crippen LogP contribution < -0.4 is 29.7 Å². The molecular weight excluding hydrogens is 478 g/mol. The molecule has 0 spiro atoms. The number of aromatic nitrogens is 1. The molecule has 0 radical (unpaired) electrons. The summed E-state index contributed by atoms with van der Waals surface area (Å²) in [7, 11) is 4.76. The number of methoxy groups -OCH3 is 3. The van der Waals surface area contributed by atoms with Crippen molar-refractivity contribution < 1.29 is 33.7 Å². The molecule has 0 fully saturated rings. The Morgan fingerprint density at radius 2 is 1.57 bits per heavy atom. The molecule has 1 heterocycles. The Kier molecular flexibility index (Phi) is 10.5. The number of amides is 2. The molecule has 10 nitrogen and oxygen atoms in total. The molecule has 2 amide bonds. The van der Waals surface area contributed by atoms with E-state index in [0.29, 0.717) is 61.1 Å². The molecule has 37 heavy (non-hydrogen) atoms. The molecule has 0 aliphatic carbocycles. The third-order valence-corrected chi connectivity index (χ3v) is 5.99. The van der Waals surface area contributed by atoms with Crippen molar-refractivity contribution in [2.75, 3.05) is 33.3 Å². The Balaban J connectivity index is 1.56. The average Bonchev–Trinajstić information content (AvgIpc) is 3.32. The molecule has 3 rings (SSSR count). The van der Waals surface area contributed by atoms with E-state index in [9.17, 15) is 9.59 Å². The molecule has 3 aromatic rings. The summed E-state index contributed by atoms with van der Waals surface area (Å²) in [5.74, 6) is 1.83. The number of hydroxylamine groups is 1. The van der Waals surface area contributed by atoms with Crippen molar-refractivity contribution in [2.45, 2.75) is 45.1 Å². The average molecular weight is 514 g/mol. The number of benzene rings is 2. The van der Waals surface area contributed by atoms with E-state index in [2.05, 4.69) is 5.32 Å². The summed E-state index contributed by atoms with van der Waals surface area (Å²) in [6.45, 7) is 0.918. The van der Waals surface area contributed by atoms with E-state index in [1.54, 1.807) is 26.8 Å². The van der Waals surface area contributed by atoms with Gasteiger partial charge in [-0.15, -0.1) is 0 Å². The molecule has 200 valence electrons. The quantitative estimate of drug-likeness (QED) is 0.155. The second kappa shape index (κ2) is 14.0. The van der Waals surface area contributed by atoms with Gasteiger partial charge in [0.2, 0.25) is 17.6 Å². The Hall–Kier alpha value is -3.92. The van der Waals surface area contributed by atoms with Gasteiger partial charge < -0.3 is 28.8 Å². The van der Waals surface area contributed by atoms with E-state index < -0.39 is 5.91 Å². The highest BCUT2D eigenvalue weighted by atomic mass is 16.5. The van der Waals surface area contributed by atoms with Crippen molar-refractivity contribution in [3.05, 3.63) is 42.6 Å². The number of anilines is 1. The number of nitrogens with zero attached hydrogens (tertiary/aromatic N) is 1. The monoisotopic (exact) mass is 513 g/mol. The van der Waals surface area contributed by atoms with Crippen LogP contribution in [0.5, 0.6) is 23.0 Å². The Bertz CT molecular complexity index is 1190. The first kappa shape index (κ1) is 27.7. The maximum absolute atomic E-state index is 12.4. The van der Waals surface area contributed by atoms with E-state index in [4.69, 9.17) is 24.2 Å². The van der Waals surface area contributed by atoms with Crippen LogP contribution in [-0.4, -0.2) is 49.5 Å². The van der Waals surface area contributed by atoms with E-state index in [0.717, 1.165) is 23.7 Å². The second-order valence-corrected chi connectivity index (χ2v) is 8.43. The van der Waals surface area contributed by atoms with E-state index >= 15 is 0 Å². The fraction of sp³-hybridized carbons (Fsp3) is 0.407. The lowest BCUT2D eigenvalue weighted by atomic mass is 10.1. The van der Waals surface area contributed by atoms with Gasteiger partial charge >= 0.3 is 0 Å². The van der Waals surface area contributed by atoms with Crippen LogP contribution in [0.3, 0.4) is 0 Å². The van der Waals surface area contributed by atoms with Gasteiger partial charge in [0.1, 0.15) is 12.4 Å². The standard InChI is InChI=1S/C27H35N3O7/c1-34-22-18-19-14-15-30(25(19)27(36-3)26(22)35-2)16-17-37-21-11-9-8-10-20(21)28-23(31)12-6-4-5-7-13-24(32)29-33/h8-11,14-15,18,33H,4-7,12-13,16-17H2,1-3H3,(H,28,31)(H,29,32). The number of carbonyl (C=O) groups excluding carboxylic acids is 2. The zero-order valence-electron chi connectivity index (χ0n) is 21.5. The summed E-state index contributed by atoms with van der Waals surface area (Å²) < 4.78 is 24.7. The minimum atomic E-state index is -0.390. The smallest absolute Gasteiger partial charge is 0.243 e. The number of unbranched alkanes of at least 4 members (excludes halogenated alkanes) is 3. The van der Waals surface area contributed by atoms with Gasteiger partial charge in [0.25, 0.3) is 0 Å². The molecule has 1 aromatic heterocycles. The minimum absolute atomic E-state index is 0.0914. The first-order valence-electron chi connectivity index (χ1n) is 12.2. The number of fused-ring (bicyclic) bond motifs is 1. The summed E-state index contributed by atoms with van der Waals surface area (Å²) in [4.78, 5) is 23.5. The van der Waals surface area contributed by atoms with Crippen molar-refractivity contribution >= 4 is 28.4 Å². The Morgan fingerprint density at radius 1 is 0.865 bits per heavy atom.